The predicted octanol–water partition coefficient (Wildman–Crippen LogP) is 2.08. The molecule has 0 saturated heterocycles. The third-order valence-corrected chi connectivity index (χ3v) is 4.11. The van der Waals surface area contributed by atoms with Crippen LogP contribution < -0.4 is 5.56 Å². The fourth-order valence-corrected chi connectivity index (χ4v) is 2.88. The van der Waals surface area contributed by atoms with Crippen LogP contribution in [0.5, 0.6) is 0 Å². The molecular formula is C17H16N6O. The van der Waals surface area contributed by atoms with Gasteiger partial charge in [0, 0.05) is 6.54 Å². The van der Waals surface area contributed by atoms with E-state index in [0.29, 0.717) is 17.8 Å². The van der Waals surface area contributed by atoms with Crippen molar-refractivity contribution >= 4 is 16.8 Å². The first-order valence-corrected chi connectivity index (χ1v) is 7.93. The average molecular weight is 320 g/mol. The number of aryl methyl sites for hydroxylation is 2. The summed E-state index contributed by atoms with van der Waals surface area (Å²) in [6, 6.07) is 9.96. The first-order valence-electron chi connectivity index (χ1n) is 7.93. The van der Waals surface area contributed by atoms with Crippen molar-refractivity contribution in [3.05, 3.63) is 52.7 Å². The molecule has 0 amide bonds. The highest BCUT2D eigenvalue weighted by molar-refractivity contribution is 5.83. The first-order chi connectivity index (χ1) is 11.7. The van der Waals surface area contributed by atoms with Crippen LogP contribution in [0.3, 0.4) is 0 Å². The Balaban J connectivity index is 2.11. The molecule has 0 aliphatic heterocycles. The Morgan fingerprint density at radius 3 is 2.54 bits per heavy atom. The molecule has 0 spiro atoms. The fraction of sp³-hybridized carbons (Fsp3) is 0.235. The lowest BCUT2D eigenvalue weighted by Crippen LogP contribution is -2.22. The van der Waals surface area contributed by atoms with Gasteiger partial charge in [0.1, 0.15) is 6.33 Å². The lowest BCUT2D eigenvalue weighted by molar-refractivity contribution is 0.708. The number of hydrogen-bond donors (Lipinski definition) is 0. The molecule has 0 aliphatic rings. The molecule has 1 aromatic carbocycles. The predicted molar refractivity (Wildman–Crippen MR) is 90.8 cm³/mol. The number of aromatic nitrogens is 6. The second kappa shape index (κ2) is 5.52. The topological polar surface area (TPSA) is 78.0 Å². The number of rotatable bonds is 3. The van der Waals surface area contributed by atoms with Crippen LogP contribution >= 0.6 is 0 Å². The third-order valence-electron chi connectivity index (χ3n) is 4.11. The number of benzene rings is 1. The van der Waals surface area contributed by atoms with Crippen molar-refractivity contribution in [2.45, 2.75) is 26.8 Å². The van der Waals surface area contributed by atoms with Crippen LogP contribution in [-0.4, -0.2) is 29.4 Å². The van der Waals surface area contributed by atoms with Crippen LogP contribution in [0.2, 0.25) is 0 Å². The summed E-state index contributed by atoms with van der Waals surface area (Å²) >= 11 is 0. The largest absolute Gasteiger partial charge is 0.297 e. The molecule has 7 nitrogen and oxygen atoms in total. The maximum absolute atomic E-state index is 12.4. The van der Waals surface area contributed by atoms with Crippen molar-refractivity contribution in [3.63, 3.8) is 0 Å². The summed E-state index contributed by atoms with van der Waals surface area (Å²) in [5.74, 6) is 0. The van der Waals surface area contributed by atoms with Crippen LogP contribution in [0, 0.1) is 0 Å². The van der Waals surface area contributed by atoms with Crippen molar-refractivity contribution in [1.82, 2.24) is 29.4 Å². The number of fused-ring (bicyclic) bond motifs is 3. The van der Waals surface area contributed by atoms with E-state index in [0.717, 1.165) is 23.2 Å². The summed E-state index contributed by atoms with van der Waals surface area (Å²) in [6.07, 6.45) is 2.28. The van der Waals surface area contributed by atoms with Gasteiger partial charge in [0.25, 0.3) is 5.56 Å². The van der Waals surface area contributed by atoms with Gasteiger partial charge in [0.15, 0.2) is 16.8 Å². The Labute approximate surface area is 137 Å². The smallest absolute Gasteiger partial charge is 0.283 e. The van der Waals surface area contributed by atoms with Crippen LogP contribution in [0.25, 0.3) is 27.9 Å². The van der Waals surface area contributed by atoms with E-state index >= 15 is 0 Å². The van der Waals surface area contributed by atoms with Crippen molar-refractivity contribution < 1.29 is 0 Å². The molecular weight excluding hydrogens is 304 g/mol. The van der Waals surface area contributed by atoms with Gasteiger partial charge in [0.2, 0.25) is 0 Å². The quantitative estimate of drug-likeness (QED) is 0.577. The molecule has 120 valence electrons. The van der Waals surface area contributed by atoms with Gasteiger partial charge in [-0.2, -0.15) is 9.61 Å². The number of nitrogens with zero attached hydrogens (tertiary/aromatic N) is 6. The second-order valence-corrected chi connectivity index (χ2v) is 5.48. The van der Waals surface area contributed by atoms with Crippen molar-refractivity contribution in [2.75, 3.05) is 0 Å². The molecule has 7 heteroatoms. The summed E-state index contributed by atoms with van der Waals surface area (Å²) in [7, 11) is 0. The van der Waals surface area contributed by atoms with Gasteiger partial charge < -0.3 is 0 Å². The Hall–Kier alpha value is -3.09. The molecule has 4 rings (SSSR count). The minimum Gasteiger partial charge on any atom is -0.297 e. The molecule has 0 aliphatic carbocycles. The van der Waals surface area contributed by atoms with Crippen molar-refractivity contribution in [2.24, 2.45) is 0 Å². The van der Waals surface area contributed by atoms with Gasteiger partial charge in [-0.05, 0) is 18.9 Å². The van der Waals surface area contributed by atoms with Crippen molar-refractivity contribution in [3.8, 4) is 11.1 Å². The highest BCUT2D eigenvalue weighted by Crippen LogP contribution is 2.28. The van der Waals surface area contributed by atoms with E-state index in [1.807, 2.05) is 44.2 Å². The Morgan fingerprint density at radius 1 is 1.04 bits per heavy atom. The first kappa shape index (κ1) is 14.5. The highest BCUT2D eigenvalue weighted by Gasteiger charge is 2.19. The summed E-state index contributed by atoms with van der Waals surface area (Å²) in [5.41, 5.74) is 3.96. The number of hydrogen-bond acceptors (Lipinski definition) is 5. The fourth-order valence-electron chi connectivity index (χ4n) is 2.88. The van der Waals surface area contributed by atoms with E-state index in [2.05, 4.69) is 20.3 Å². The SMILES string of the molecule is CCc1nn2c(nnc3c(=O)n(CC)cnc32)c1-c1ccccc1. The van der Waals surface area contributed by atoms with Crippen LogP contribution in [0.1, 0.15) is 19.5 Å². The van der Waals surface area contributed by atoms with Crippen molar-refractivity contribution in [1.29, 1.82) is 0 Å². The van der Waals surface area contributed by atoms with Gasteiger partial charge in [-0.3, -0.25) is 9.36 Å². The zero-order valence-corrected chi connectivity index (χ0v) is 13.5. The molecule has 3 aromatic heterocycles. The lowest BCUT2D eigenvalue weighted by Gasteiger charge is -2.03. The third kappa shape index (κ3) is 2.01. The molecule has 0 saturated carbocycles. The van der Waals surface area contributed by atoms with Gasteiger partial charge in [-0.15, -0.1) is 10.2 Å². The van der Waals surface area contributed by atoms with E-state index < -0.39 is 0 Å². The summed E-state index contributed by atoms with van der Waals surface area (Å²) < 4.78 is 3.14. The Kier molecular flexibility index (Phi) is 3.34. The van der Waals surface area contributed by atoms with Gasteiger partial charge in [-0.1, -0.05) is 37.3 Å². The zero-order chi connectivity index (χ0) is 16.7. The monoisotopic (exact) mass is 320 g/mol. The van der Waals surface area contributed by atoms with E-state index in [4.69, 9.17) is 0 Å². The minimum absolute atomic E-state index is 0.202. The summed E-state index contributed by atoms with van der Waals surface area (Å²) in [4.78, 5) is 16.8. The maximum atomic E-state index is 12.4. The summed E-state index contributed by atoms with van der Waals surface area (Å²) in [6.45, 7) is 4.47. The van der Waals surface area contributed by atoms with Gasteiger partial charge in [0.05, 0.1) is 11.3 Å². The van der Waals surface area contributed by atoms with E-state index in [-0.39, 0.29) is 11.1 Å². The van der Waals surface area contributed by atoms with Crippen LogP contribution in [0.4, 0.5) is 0 Å². The van der Waals surface area contributed by atoms with Gasteiger partial charge >= 0.3 is 0 Å². The van der Waals surface area contributed by atoms with E-state index in [1.165, 1.54) is 10.9 Å². The molecule has 0 unspecified atom stereocenters. The minimum atomic E-state index is -0.202. The van der Waals surface area contributed by atoms with Crippen LogP contribution in [-0.2, 0) is 13.0 Å². The summed E-state index contributed by atoms with van der Waals surface area (Å²) in [5, 5.41) is 13.1. The van der Waals surface area contributed by atoms with E-state index in [1.54, 1.807) is 4.52 Å². The Bertz CT molecular complexity index is 1100. The van der Waals surface area contributed by atoms with Crippen LogP contribution in [0.15, 0.2) is 41.5 Å². The molecule has 3 heterocycles. The zero-order valence-electron chi connectivity index (χ0n) is 13.5. The molecule has 0 fully saturated rings. The molecule has 0 bridgehead atoms. The molecule has 24 heavy (non-hydrogen) atoms. The maximum Gasteiger partial charge on any atom is 0.283 e. The molecule has 4 aromatic rings. The lowest BCUT2D eigenvalue weighted by atomic mass is 10.0. The molecule has 0 radical (unpaired) electrons. The molecule has 0 atom stereocenters. The second-order valence-electron chi connectivity index (χ2n) is 5.48. The molecule has 0 N–H and O–H groups in total. The standard InChI is InChI=1S/C17H16N6O/c1-3-12-13(11-8-6-5-7-9-11)15-20-19-14-16(23(15)21-12)18-10-22(4-2)17(14)24/h5-10H,3-4H2,1-2H3. The van der Waals surface area contributed by atoms with Gasteiger partial charge in [-0.25, -0.2) is 4.98 Å². The Morgan fingerprint density at radius 2 is 1.83 bits per heavy atom. The average Bonchev–Trinajstić information content (AvgIpc) is 3.01. The highest BCUT2D eigenvalue weighted by atomic mass is 16.1. The van der Waals surface area contributed by atoms with E-state index in [9.17, 15) is 4.79 Å². The normalized spacial score (nSPS) is 11.4.